The van der Waals surface area contributed by atoms with E-state index < -0.39 is 0 Å². The van der Waals surface area contributed by atoms with Crippen LogP contribution in [-0.4, -0.2) is 19.7 Å². The molecule has 0 aliphatic heterocycles. The Morgan fingerprint density at radius 2 is 2.05 bits per heavy atom. The normalized spacial score (nSPS) is 12.3. The van der Waals surface area contributed by atoms with Crippen LogP contribution in [0.4, 0.5) is 0 Å². The lowest BCUT2D eigenvalue weighted by atomic mass is 10.00. The zero-order chi connectivity index (χ0) is 14.6. The first kappa shape index (κ1) is 16.9. The molecule has 0 aromatic heterocycles. The molecule has 0 fully saturated rings. The van der Waals surface area contributed by atoms with E-state index >= 15 is 0 Å². The Bertz CT molecular complexity index is 358. The highest BCUT2D eigenvalue weighted by Gasteiger charge is 2.04. The molecule has 0 heterocycles. The fourth-order valence-electron chi connectivity index (χ4n) is 2.08. The molecule has 112 valence electrons. The number of hydrogen-bond acceptors (Lipinski definition) is 2. The van der Waals surface area contributed by atoms with E-state index in [1.165, 1.54) is 17.5 Å². The summed E-state index contributed by atoms with van der Waals surface area (Å²) in [5.74, 6) is 0.559. The molecule has 2 heteroatoms. The fraction of sp³-hybridized carbons (Fsp3) is 0.556. The Hall–Kier alpha value is -1.12. The first-order valence-electron chi connectivity index (χ1n) is 7.76. The number of allylic oxidation sites excluding steroid dienone is 1. The van der Waals surface area contributed by atoms with E-state index in [1.807, 2.05) is 6.08 Å². The number of hydrogen-bond donors (Lipinski definition) is 1. The van der Waals surface area contributed by atoms with E-state index in [0.717, 1.165) is 32.5 Å². The van der Waals surface area contributed by atoms with Crippen LogP contribution < -0.4 is 5.32 Å². The van der Waals surface area contributed by atoms with Gasteiger partial charge < -0.3 is 10.1 Å². The Kier molecular flexibility index (Phi) is 9.01. The van der Waals surface area contributed by atoms with Gasteiger partial charge in [-0.25, -0.2) is 0 Å². The third kappa shape index (κ3) is 6.88. The number of nitrogens with one attached hydrogen (secondary N) is 1. The van der Waals surface area contributed by atoms with Gasteiger partial charge in [0.05, 0.1) is 6.61 Å². The van der Waals surface area contributed by atoms with Crippen LogP contribution >= 0.6 is 0 Å². The molecule has 0 saturated heterocycles. The predicted molar refractivity (Wildman–Crippen MR) is 87.1 cm³/mol. The molecule has 0 spiro atoms. The fourth-order valence-corrected chi connectivity index (χ4v) is 2.08. The SMILES string of the molecule is C=CCCCOCc1ccc(C(C)CNCCC)cc1. The lowest BCUT2D eigenvalue weighted by Gasteiger charge is -2.13. The summed E-state index contributed by atoms with van der Waals surface area (Å²) in [4.78, 5) is 0. The van der Waals surface area contributed by atoms with Crippen LogP contribution in [0.2, 0.25) is 0 Å². The van der Waals surface area contributed by atoms with Crippen LogP contribution in [0.3, 0.4) is 0 Å². The minimum Gasteiger partial charge on any atom is -0.377 e. The molecule has 20 heavy (non-hydrogen) atoms. The molecule has 1 N–H and O–H groups in total. The maximum absolute atomic E-state index is 5.64. The first-order valence-corrected chi connectivity index (χ1v) is 7.76. The van der Waals surface area contributed by atoms with Crippen LogP contribution in [0.5, 0.6) is 0 Å². The quantitative estimate of drug-likeness (QED) is 0.481. The van der Waals surface area contributed by atoms with Gasteiger partial charge in [0.2, 0.25) is 0 Å². The second-order valence-corrected chi connectivity index (χ2v) is 5.33. The summed E-state index contributed by atoms with van der Waals surface area (Å²) in [6, 6.07) is 8.81. The summed E-state index contributed by atoms with van der Waals surface area (Å²) in [5, 5.41) is 3.47. The van der Waals surface area contributed by atoms with Gasteiger partial charge in [0.1, 0.15) is 0 Å². The highest BCUT2D eigenvalue weighted by Crippen LogP contribution is 2.15. The van der Waals surface area contributed by atoms with Gasteiger partial charge in [-0.05, 0) is 42.9 Å². The molecular weight excluding hydrogens is 246 g/mol. The molecule has 2 nitrogen and oxygen atoms in total. The summed E-state index contributed by atoms with van der Waals surface area (Å²) in [6.45, 7) is 11.8. The van der Waals surface area contributed by atoms with Crippen molar-refractivity contribution in [2.24, 2.45) is 0 Å². The first-order chi connectivity index (χ1) is 9.77. The highest BCUT2D eigenvalue weighted by atomic mass is 16.5. The van der Waals surface area contributed by atoms with Gasteiger partial charge in [-0.1, -0.05) is 44.2 Å². The van der Waals surface area contributed by atoms with Gasteiger partial charge in [-0.2, -0.15) is 0 Å². The van der Waals surface area contributed by atoms with Gasteiger partial charge in [0.25, 0.3) is 0 Å². The molecule has 0 amide bonds. The molecule has 1 rings (SSSR count). The molecule has 0 saturated carbocycles. The van der Waals surface area contributed by atoms with Crippen molar-refractivity contribution in [2.45, 2.75) is 45.6 Å². The molecule has 1 unspecified atom stereocenters. The molecule has 0 bridgehead atoms. The highest BCUT2D eigenvalue weighted by molar-refractivity contribution is 5.24. The van der Waals surface area contributed by atoms with E-state index in [0.29, 0.717) is 12.5 Å². The van der Waals surface area contributed by atoms with E-state index in [4.69, 9.17) is 4.74 Å². The lowest BCUT2D eigenvalue weighted by Crippen LogP contribution is -2.20. The summed E-state index contributed by atoms with van der Waals surface area (Å²) in [6.07, 6.45) is 5.21. The van der Waals surface area contributed by atoms with Gasteiger partial charge in [0, 0.05) is 13.2 Å². The Labute approximate surface area is 124 Å². The van der Waals surface area contributed by atoms with Crippen molar-refractivity contribution in [2.75, 3.05) is 19.7 Å². The lowest BCUT2D eigenvalue weighted by molar-refractivity contribution is 0.119. The van der Waals surface area contributed by atoms with Crippen LogP contribution in [0, 0.1) is 0 Å². The predicted octanol–water partition coefficient (Wildman–Crippen LogP) is 4.27. The number of unbranched alkanes of at least 4 members (excludes halogenated alkanes) is 1. The largest absolute Gasteiger partial charge is 0.377 e. The second kappa shape index (κ2) is 10.6. The van der Waals surface area contributed by atoms with Crippen molar-refractivity contribution >= 4 is 0 Å². The van der Waals surface area contributed by atoms with Gasteiger partial charge >= 0.3 is 0 Å². The monoisotopic (exact) mass is 275 g/mol. The van der Waals surface area contributed by atoms with Gasteiger partial charge in [0.15, 0.2) is 0 Å². The van der Waals surface area contributed by atoms with Crippen LogP contribution in [0.25, 0.3) is 0 Å². The average molecular weight is 275 g/mol. The molecule has 0 radical (unpaired) electrons. The second-order valence-electron chi connectivity index (χ2n) is 5.33. The molecule has 1 aromatic carbocycles. The number of rotatable bonds is 11. The maximum Gasteiger partial charge on any atom is 0.0716 e. The Balaban J connectivity index is 2.30. The van der Waals surface area contributed by atoms with E-state index in [1.54, 1.807) is 0 Å². The van der Waals surface area contributed by atoms with E-state index in [-0.39, 0.29) is 0 Å². The van der Waals surface area contributed by atoms with Gasteiger partial charge in [-0.15, -0.1) is 6.58 Å². The van der Waals surface area contributed by atoms with E-state index in [2.05, 4.69) is 50.0 Å². The smallest absolute Gasteiger partial charge is 0.0716 e. The molecular formula is C18H29NO. The Morgan fingerprint density at radius 3 is 2.70 bits per heavy atom. The maximum atomic E-state index is 5.64. The van der Waals surface area contributed by atoms with E-state index in [9.17, 15) is 0 Å². The molecule has 1 aromatic rings. The van der Waals surface area contributed by atoms with Crippen molar-refractivity contribution in [3.8, 4) is 0 Å². The van der Waals surface area contributed by atoms with Crippen molar-refractivity contribution < 1.29 is 4.74 Å². The summed E-state index contributed by atoms with van der Waals surface area (Å²) < 4.78 is 5.64. The Morgan fingerprint density at radius 1 is 1.30 bits per heavy atom. The zero-order valence-corrected chi connectivity index (χ0v) is 13.0. The molecule has 1 atom stereocenters. The van der Waals surface area contributed by atoms with Gasteiger partial charge in [-0.3, -0.25) is 0 Å². The van der Waals surface area contributed by atoms with Crippen molar-refractivity contribution in [1.82, 2.24) is 5.32 Å². The standard InChI is InChI=1S/C18H29NO/c1-4-6-7-13-20-15-17-8-10-18(11-9-17)16(3)14-19-12-5-2/h4,8-11,16,19H,1,5-7,12-15H2,2-3H3. The van der Waals surface area contributed by atoms with Crippen molar-refractivity contribution in [1.29, 1.82) is 0 Å². The topological polar surface area (TPSA) is 21.3 Å². The number of ether oxygens (including phenoxy) is 1. The average Bonchev–Trinajstić information content (AvgIpc) is 2.48. The van der Waals surface area contributed by atoms with Crippen LogP contribution in [-0.2, 0) is 11.3 Å². The molecule has 0 aliphatic rings. The van der Waals surface area contributed by atoms with Crippen LogP contribution in [0.15, 0.2) is 36.9 Å². The zero-order valence-electron chi connectivity index (χ0n) is 13.0. The third-order valence-electron chi connectivity index (χ3n) is 3.39. The molecule has 0 aliphatic carbocycles. The minimum absolute atomic E-state index is 0.559. The minimum atomic E-state index is 0.559. The van der Waals surface area contributed by atoms with Crippen molar-refractivity contribution in [3.05, 3.63) is 48.0 Å². The van der Waals surface area contributed by atoms with Crippen LogP contribution in [0.1, 0.15) is 50.2 Å². The summed E-state index contributed by atoms with van der Waals surface area (Å²) in [5.41, 5.74) is 2.64. The third-order valence-corrected chi connectivity index (χ3v) is 3.39. The van der Waals surface area contributed by atoms with Crippen molar-refractivity contribution in [3.63, 3.8) is 0 Å². The summed E-state index contributed by atoms with van der Waals surface area (Å²) in [7, 11) is 0. The summed E-state index contributed by atoms with van der Waals surface area (Å²) >= 11 is 0. The number of benzene rings is 1.